The van der Waals surface area contributed by atoms with E-state index in [9.17, 15) is 9.59 Å². The third kappa shape index (κ3) is 6.30. The van der Waals surface area contributed by atoms with Crippen molar-refractivity contribution in [2.24, 2.45) is 0 Å². The Morgan fingerprint density at radius 2 is 1.61 bits per heavy atom. The summed E-state index contributed by atoms with van der Waals surface area (Å²) in [4.78, 5) is 26.3. The molecule has 3 amide bonds. The highest BCUT2D eigenvalue weighted by molar-refractivity contribution is 5.89. The zero-order valence-corrected chi connectivity index (χ0v) is 16.0. The van der Waals surface area contributed by atoms with Gasteiger partial charge in [-0.15, -0.1) is 0 Å². The molecular formula is C22H27N3O3. The second kappa shape index (κ2) is 10.3. The normalized spacial score (nSPS) is 14.4. The summed E-state index contributed by atoms with van der Waals surface area (Å²) in [6.45, 7) is 1.89. The van der Waals surface area contributed by atoms with Crippen LogP contribution in [-0.4, -0.2) is 42.6 Å². The van der Waals surface area contributed by atoms with Crippen molar-refractivity contribution in [1.82, 2.24) is 10.2 Å². The SMILES string of the molecule is O=C(Nc1ccccc1)NC1CCN(C(=O)CCCOc2ccccc2)CC1. The third-order valence-electron chi connectivity index (χ3n) is 4.76. The highest BCUT2D eigenvalue weighted by atomic mass is 16.5. The van der Waals surface area contributed by atoms with Crippen LogP contribution in [0.2, 0.25) is 0 Å². The van der Waals surface area contributed by atoms with Crippen LogP contribution < -0.4 is 15.4 Å². The van der Waals surface area contributed by atoms with E-state index in [-0.39, 0.29) is 18.0 Å². The van der Waals surface area contributed by atoms with Crippen molar-refractivity contribution in [2.45, 2.75) is 31.7 Å². The third-order valence-corrected chi connectivity index (χ3v) is 4.76. The fraction of sp³-hybridized carbons (Fsp3) is 0.364. The Balaban J connectivity index is 1.31. The molecule has 0 atom stereocenters. The Morgan fingerprint density at radius 3 is 2.29 bits per heavy atom. The first kappa shape index (κ1) is 19.7. The Bertz CT molecular complexity index is 744. The summed E-state index contributed by atoms with van der Waals surface area (Å²) in [5.74, 6) is 0.986. The van der Waals surface area contributed by atoms with Gasteiger partial charge in [0.05, 0.1) is 6.61 Å². The Kier molecular flexibility index (Phi) is 7.29. The van der Waals surface area contributed by atoms with Crippen LogP contribution in [0.3, 0.4) is 0 Å². The number of amides is 3. The maximum Gasteiger partial charge on any atom is 0.319 e. The van der Waals surface area contributed by atoms with Gasteiger partial charge in [0.25, 0.3) is 0 Å². The van der Waals surface area contributed by atoms with Crippen LogP contribution in [0.1, 0.15) is 25.7 Å². The summed E-state index contributed by atoms with van der Waals surface area (Å²) < 4.78 is 5.63. The predicted octanol–water partition coefficient (Wildman–Crippen LogP) is 3.66. The summed E-state index contributed by atoms with van der Waals surface area (Å²) in [7, 11) is 0. The van der Waals surface area contributed by atoms with Crippen molar-refractivity contribution in [1.29, 1.82) is 0 Å². The highest BCUT2D eigenvalue weighted by Crippen LogP contribution is 2.14. The van der Waals surface area contributed by atoms with Crippen molar-refractivity contribution < 1.29 is 14.3 Å². The molecule has 1 aliphatic rings. The minimum atomic E-state index is -0.200. The molecule has 0 aliphatic carbocycles. The van der Waals surface area contributed by atoms with Gasteiger partial charge in [0.1, 0.15) is 5.75 Å². The number of piperidine rings is 1. The number of hydrogen-bond acceptors (Lipinski definition) is 3. The number of carbonyl (C=O) groups excluding carboxylic acids is 2. The van der Waals surface area contributed by atoms with Crippen LogP contribution in [0.4, 0.5) is 10.5 Å². The number of ether oxygens (including phenoxy) is 1. The Labute approximate surface area is 165 Å². The van der Waals surface area contributed by atoms with Crippen LogP contribution in [0.5, 0.6) is 5.75 Å². The Hall–Kier alpha value is -3.02. The first-order chi connectivity index (χ1) is 13.7. The van der Waals surface area contributed by atoms with Crippen molar-refractivity contribution in [3.63, 3.8) is 0 Å². The first-order valence-electron chi connectivity index (χ1n) is 9.79. The molecule has 0 radical (unpaired) electrons. The van der Waals surface area contributed by atoms with E-state index in [1.54, 1.807) is 0 Å². The fourth-order valence-corrected chi connectivity index (χ4v) is 3.24. The summed E-state index contributed by atoms with van der Waals surface area (Å²) in [6.07, 6.45) is 2.73. The molecule has 0 spiro atoms. The van der Waals surface area contributed by atoms with Crippen LogP contribution in [0, 0.1) is 0 Å². The maximum atomic E-state index is 12.4. The van der Waals surface area contributed by atoms with E-state index in [1.807, 2.05) is 65.6 Å². The number of urea groups is 1. The highest BCUT2D eigenvalue weighted by Gasteiger charge is 2.23. The number of nitrogens with one attached hydrogen (secondary N) is 2. The van der Waals surface area contributed by atoms with Crippen LogP contribution in [0.15, 0.2) is 60.7 Å². The van der Waals surface area contributed by atoms with E-state index < -0.39 is 0 Å². The zero-order chi connectivity index (χ0) is 19.6. The van der Waals surface area contributed by atoms with Gasteiger partial charge in [-0.25, -0.2) is 4.79 Å². The van der Waals surface area contributed by atoms with E-state index in [1.165, 1.54) is 0 Å². The number of likely N-dealkylation sites (tertiary alicyclic amines) is 1. The number of hydrogen-bond donors (Lipinski definition) is 2. The number of carbonyl (C=O) groups is 2. The molecule has 1 heterocycles. The molecule has 28 heavy (non-hydrogen) atoms. The molecule has 6 heteroatoms. The summed E-state index contributed by atoms with van der Waals surface area (Å²) in [5.41, 5.74) is 0.769. The minimum Gasteiger partial charge on any atom is -0.494 e. The molecule has 2 N–H and O–H groups in total. The molecule has 0 aromatic heterocycles. The topological polar surface area (TPSA) is 70.7 Å². The summed E-state index contributed by atoms with van der Waals surface area (Å²) in [6, 6.07) is 18.9. The van der Waals surface area contributed by atoms with Gasteiger partial charge in [-0.2, -0.15) is 0 Å². The minimum absolute atomic E-state index is 0.0918. The molecule has 2 aromatic rings. The van der Waals surface area contributed by atoms with Gasteiger partial charge in [-0.1, -0.05) is 36.4 Å². The lowest BCUT2D eigenvalue weighted by atomic mass is 10.0. The number of para-hydroxylation sites is 2. The zero-order valence-electron chi connectivity index (χ0n) is 16.0. The van der Waals surface area contributed by atoms with Gasteiger partial charge in [-0.05, 0) is 43.5 Å². The number of nitrogens with zero attached hydrogens (tertiary/aromatic N) is 1. The average Bonchev–Trinajstić information content (AvgIpc) is 2.73. The van der Waals surface area contributed by atoms with E-state index in [0.717, 1.165) is 24.3 Å². The van der Waals surface area contributed by atoms with Gasteiger partial charge in [-0.3, -0.25) is 4.79 Å². The lowest BCUT2D eigenvalue weighted by Crippen LogP contribution is -2.47. The van der Waals surface area contributed by atoms with Crippen LogP contribution in [0.25, 0.3) is 0 Å². The molecule has 148 valence electrons. The van der Waals surface area contributed by atoms with E-state index in [0.29, 0.717) is 32.5 Å². The lowest BCUT2D eigenvalue weighted by molar-refractivity contribution is -0.132. The van der Waals surface area contributed by atoms with E-state index >= 15 is 0 Å². The molecule has 0 saturated carbocycles. The summed E-state index contributed by atoms with van der Waals surface area (Å²) in [5, 5.41) is 5.82. The lowest BCUT2D eigenvalue weighted by Gasteiger charge is -2.32. The average molecular weight is 381 g/mol. The van der Waals surface area contributed by atoms with Gasteiger partial charge >= 0.3 is 6.03 Å². The maximum absolute atomic E-state index is 12.4. The molecule has 3 rings (SSSR count). The van der Waals surface area contributed by atoms with Crippen molar-refractivity contribution in [3.05, 3.63) is 60.7 Å². The number of anilines is 1. The Morgan fingerprint density at radius 1 is 0.964 bits per heavy atom. The molecule has 1 fully saturated rings. The number of rotatable bonds is 7. The first-order valence-corrected chi connectivity index (χ1v) is 9.79. The fourth-order valence-electron chi connectivity index (χ4n) is 3.24. The van der Waals surface area contributed by atoms with Gasteiger partial charge < -0.3 is 20.3 Å². The standard InChI is InChI=1S/C22H27N3O3/c26-21(12-7-17-28-20-10-5-2-6-11-20)25-15-13-19(14-16-25)24-22(27)23-18-8-3-1-4-9-18/h1-6,8-11,19H,7,12-17H2,(H2,23,24,27). The van der Waals surface area contributed by atoms with Crippen LogP contribution in [-0.2, 0) is 4.79 Å². The molecule has 0 bridgehead atoms. The number of benzene rings is 2. The summed E-state index contributed by atoms with van der Waals surface area (Å²) >= 11 is 0. The largest absolute Gasteiger partial charge is 0.494 e. The molecule has 1 saturated heterocycles. The van der Waals surface area contributed by atoms with Crippen LogP contribution >= 0.6 is 0 Å². The monoisotopic (exact) mass is 381 g/mol. The van der Waals surface area contributed by atoms with Gasteiger partial charge in [0.2, 0.25) is 5.91 Å². The van der Waals surface area contributed by atoms with E-state index in [4.69, 9.17) is 4.74 Å². The van der Waals surface area contributed by atoms with Crippen molar-refractivity contribution >= 4 is 17.6 Å². The second-order valence-electron chi connectivity index (χ2n) is 6.88. The second-order valence-corrected chi connectivity index (χ2v) is 6.88. The van der Waals surface area contributed by atoms with E-state index in [2.05, 4.69) is 10.6 Å². The van der Waals surface area contributed by atoms with Crippen molar-refractivity contribution in [3.8, 4) is 5.75 Å². The molecule has 1 aliphatic heterocycles. The van der Waals surface area contributed by atoms with Gasteiger partial charge in [0.15, 0.2) is 0 Å². The van der Waals surface area contributed by atoms with Gasteiger partial charge in [0, 0.05) is 31.2 Å². The smallest absolute Gasteiger partial charge is 0.319 e. The molecule has 0 unspecified atom stereocenters. The molecule has 2 aromatic carbocycles. The molecule has 6 nitrogen and oxygen atoms in total. The molecular weight excluding hydrogens is 354 g/mol. The quantitative estimate of drug-likeness (QED) is 0.719. The predicted molar refractivity (Wildman–Crippen MR) is 109 cm³/mol. The van der Waals surface area contributed by atoms with Crippen molar-refractivity contribution in [2.75, 3.05) is 25.0 Å².